The number of carbonyl (C=O) groups excluding carboxylic acids is 2. The van der Waals surface area contributed by atoms with Crippen molar-refractivity contribution >= 4 is 23.6 Å². The molecule has 1 fully saturated rings. The molecule has 2 rings (SSSR count). The summed E-state index contributed by atoms with van der Waals surface area (Å²) in [5.41, 5.74) is 0.913. The minimum Gasteiger partial charge on any atom is -0.355 e. The molecule has 0 spiro atoms. The van der Waals surface area contributed by atoms with E-state index in [2.05, 4.69) is 36.5 Å². The van der Waals surface area contributed by atoms with Gasteiger partial charge in [0, 0.05) is 41.6 Å². The summed E-state index contributed by atoms with van der Waals surface area (Å²) in [7, 11) is 0. The molecule has 0 saturated carbocycles. The molecule has 1 N–H and O–H groups in total. The average molecular weight is 363 g/mol. The van der Waals surface area contributed by atoms with E-state index in [4.69, 9.17) is 0 Å². The van der Waals surface area contributed by atoms with Gasteiger partial charge in [0.25, 0.3) is 0 Å². The van der Waals surface area contributed by atoms with Gasteiger partial charge in [-0.3, -0.25) is 9.59 Å². The Hall–Kier alpha value is -1.49. The van der Waals surface area contributed by atoms with E-state index in [0.29, 0.717) is 19.6 Å². The highest BCUT2D eigenvalue weighted by Crippen LogP contribution is 2.24. The zero-order valence-corrected chi connectivity index (χ0v) is 16.6. The Morgan fingerprint density at radius 3 is 2.32 bits per heavy atom. The lowest BCUT2D eigenvalue weighted by atomic mass is 9.91. The number of nitrogens with one attached hydrogen (secondary N) is 1. The zero-order chi connectivity index (χ0) is 18.4. The predicted octanol–water partition coefficient (Wildman–Crippen LogP) is 3.49. The van der Waals surface area contributed by atoms with E-state index in [1.807, 2.05) is 25.7 Å². The van der Waals surface area contributed by atoms with Crippen molar-refractivity contribution in [2.75, 3.05) is 25.4 Å². The van der Waals surface area contributed by atoms with E-state index >= 15 is 0 Å². The molecule has 1 aromatic rings. The molecule has 0 aliphatic carbocycles. The number of thioether (sulfide) groups is 1. The Balaban J connectivity index is 1.67. The van der Waals surface area contributed by atoms with E-state index in [1.165, 1.54) is 10.5 Å². The fraction of sp³-hybridized carbons (Fsp3) is 0.600. The number of rotatable bonds is 5. The fourth-order valence-corrected chi connectivity index (χ4v) is 3.71. The number of hydrogen-bond donors (Lipinski definition) is 1. The Kier molecular flexibility index (Phi) is 6.94. The van der Waals surface area contributed by atoms with Gasteiger partial charge in [0.05, 0.1) is 0 Å². The molecule has 0 radical (unpaired) electrons. The summed E-state index contributed by atoms with van der Waals surface area (Å²) in [6.45, 7) is 9.96. The molecule has 4 nitrogen and oxygen atoms in total. The number of aryl methyl sites for hydroxylation is 1. The summed E-state index contributed by atoms with van der Waals surface area (Å²) >= 11 is 1.76. The summed E-state index contributed by atoms with van der Waals surface area (Å²) in [6.07, 6.45) is 1.53. The van der Waals surface area contributed by atoms with Crippen molar-refractivity contribution in [3.8, 4) is 0 Å². The molecule has 1 heterocycles. The van der Waals surface area contributed by atoms with Gasteiger partial charge in [-0.2, -0.15) is 0 Å². The van der Waals surface area contributed by atoms with Crippen LogP contribution in [0.3, 0.4) is 0 Å². The maximum absolute atomic E-state index is 12.3. The summed E-state index contributed by atoms with van der Waals surface area (Å²) < 4.78 is 0. The third-order valence-electron chi connectivity index (χ3n) is 4.49. The highest BCUT2D eigenvalue weighted by atomic mass is 32.2. The van der Waals surface area contributed by atoms with E-state index in [1.54, 1.807) is 11.8 Å². The lowest BCUT2D eigenvalue weighted by Crippen LogP contribution is -2.46. The first-order valence-corrected chi connectivity index (χ1v) is 10.0. The molecular weight excluding hydrogens is 332 g/mol. The van der Waals surface area contributed by atoms with Gasteiger partial charge < -0.3 is 10.2 Å². The minimum absolute atomic E-state index is 0.0355. The van der Waals surface area contributed by atoms with E-state index < -0.39 is 0 Å². The van der Waals surface area contributed by atoms with Crippen molar-refractivity contribution in [2.45, 2.75) is 45.4 Å². The molecule has 1 aromatic carbocycles. The van der Waals surface area contributed by atoms with Crippen molar-refractivity contribution in [2.24, 2.45) is 11.3 Å². The van der Waals surface area contributed by atoms with Crippen LogP contribution in [0.2, 0.25) is 0 Å². The number of amides is 2. The van der Waals surface area contributed by atoms with Crippen molar-refractivity contribution < 1.29 is 9.59 Å². The van der Waals surface area contributed by atoms with Crippen LogP contribution in [0.25, 0.3) is 0 Å². The van der Waals surface area contributed by atoms with Crippen molar-refractivity contribution in [3.05, 3.63) is 29.8 Å². The molecule has 5 heteroatoms. The fourth-order valence-electron chi connectivity index (χ4n) is 2.94. The lowest BCUT2D eigenvalue weighted by Gasteiger charge is -2.35. The van der Waals surface area contributed by atoms with Gasteiger partial charge in [-0.25, -0.2) is 0 Å². The molecule has 1 aliphatic rings. The van der Waals surface area contributed by atoms with Crippen LogP contribution in [0, 0.1) is 18.3 Å². The number of nitrogens with zero attached hydrogens (tertiary/aromatic N) is 1. The average Bonchev–Trinajstić information content (AvgIpc) is 2.58. The summed E-state index contributed by atoms with van der Waals surface area (Å²) in [5.74, 6) is 1.22. The SMILES string of the molecule is Cc1ccc(SCCNC(=O)C2CCN(C(=O)C(C)(C)C)CC2)cc1. The van der Waals surface area contributed by atoms with E-state index in [-0.39, 0.29) is 23.1 Å². The van der Waals surface area contributed by atoms with Gasteiger partial charge >= 0.3 is 0 Å². The van der Waals surface area contributed by atoms with Crippen LogP contribution in [-0.4, -0.2) is 42.1 Å². The molecule has 0 aromatic heterocycles. The maximum atomic E-state index is 12.3. The van der Waals surface area contributed by atoms with Gasteiger partial charge in [-0.15, -0.1) is 11.8 Å². The van der Waals surface area contributed by atoms with Crippen molar-refractivity contribution in [1.29, 1.82) is 0 Å². The van der Waals surface area contributed by atoms with E-state index in [9.17, 15) is 9.59 Å². The molecular formula is C20H30N2O2S. The van der Waals surface area contributed by atoms with Gasteiger partial charge in [0.2, 0.25) is 11.8 Å². The van der Waals surface area contributed by atoms with Gasteiger partial charge in [-0.05, 0) is 31.9 Å². The topological polar surface area (TPSA) is 49.4 Å². The normalized spacial score (nSPS) is 15.9. The van der Waals surface area contributed by atoms with Crippen LogP contribution in [0.5, 0.6) is 0 Å². The maximum Gasteiger partial charge on any atom is 0.227 e. The van der Waals surface area contributed by atoms with Crippen molar-refractivity contribution in [1.82, 2.24) is 10.2 Å². The van der Waals surface area contributed by atoms with Crippen LogP contribution in [-0.2, 0) is 9.59 Å². The van der Waals surface area contributed by atoms with Crippen LogP contribution in [0.1, 0.15) is 39.2 Å². The number of benzene rings is 1. The minimum atomic E-state index is -0.345. The molecule has 1 aliphatic heterocycles. The van der Waals surface area contributed by atoms with Gasteiger partial charge in [0.15, 0.2) is 0 Å². The number of likely N-dealkylation sites (tertiary alicyclic amines) is 1. The molecule has 2 amide bonds. The first kappa shape index (κ1) is 19.8. The lowest BCUT2D eigenvalue weighted by molar-refractivity contribution is -0.142. The Labute approximate surface area is 155 Å². The second-order valence-corrected chi connectivity index (χ2v) is 8.94. The smallest absolute Gasteiger partial charge is 0.227 e. The summed E-state index contributed by atoms with van der Waals surface area (Å²) in [6, 6.07) is 8.44. The van der Waals surface area contributed by atoms with Crippen LogP contribution < -0.4 is 5.32 Å². The highest BCUT2D eigenvalue weighted by Gasteiger charge is 2.32. The first-order chi connectivity index (χ1) is 11.8. The molecule has 0 unspecified atom stereocenters. The zero-order valence-electron chi connectivity index (χ0n) is 15.8. The van der Waals surface area contributed by atoms with E-state index in [0.717, 1.165) is 18.6 Å². The van der Waals surface area contributed by atoms with Crippen LogP contribution in [0.4, 0.5) is 0 Å². The third-order valence-corrected chi connectivity index (χ3v) is 5.50. The second kappa shape index (κ2) is 8.75. The highest BCUT2D eigenvalue weighted by molar-refractivity contribution is 7.99. The number of piperidine rings is 1. The monoisotopic (exact) mass is 362 g/mol. The van der Waals surface area contributed by atoms with Crippen molar-refractivity contribution in [3.63, 3.8) is 0 Å². The molecule has 138 valence electrons. The first-order valence-electron chi connectivity index (χ1n) is 9.04. The molecule has 1 saturated heterocycles. The second-order valence-electron chi connectivity index (χ2n) is 7.77. The quantitative estimate of drug-likeness (QED) is 0.644. The van der Waals surface area contributed by atoms with Crippen LogP contribution >= 0.6 is 11.8 Å². The Bertz CT molecular complexity index is 585. The number of hydrogen-bond acceptors (Lipinski definition) is 3. The third kappa shape index (κ3) is 6.07. The molecule has 0 atom stereocenters. The number of carbonyl (C=O) groups is 2. The predicted molar refractivity (Wildman–Crippen MR) is 104 cm³/mol. The molecule has 25 heavy (non-hydrogen) atoms. The van der Waals surface area contributed by atoms with Gasteiger partial charge in [-0.1, -0.05) is 38.5 Å². The van der Waals surface area contributed by atoms with Gasteiger partial charge in [0.1, 0.15) is 0 Å². The van der Waals surface area contributed by atoms with Crippen LogP contribution in [0.15, 0.2) is 29.2 Å². The Morgan fingerprint density at radius 1 is 1.16 bits per heavy atom. The molecule has 0 bridgehead atoms. The summed E-state index contributed by atoms with van der Waals surface area (Å²) in [5, 5.41) is 3.05. The standard InChI is InChI=1S/C20H30N2O2S/c1-15-5-7-17(8-6-15)25-14-11-21-18(23)16-9-12-22(13-10-16)19(24)20(2,3)4/h5-8,16H,9-14H2,1-4H3,(H,21,23). The Morgan fingerprint density at radius 2 is 1.76 bits per heavy atom. The summed E-state index contributed by atoms with van der Waals surface area (Å²) in [4.78, 5) is 27.7. The largest absolute Gasteiger partial charge is 0.355 e.